The quantitative estimate of drug-likeness (QED) is 0.428. The van der Waals surface area contributed by atoms with Crippen LogP contribution in [0.2, 0.25) is 0 Å². The molecule has 0 aliphatic heterocycles. The first-order valence-corrected chi connectivity index (χ1v) is 6.51. The van der Waals surface area contributed by atoms with Crippen molar-refractivity contribution in [2.24, 2.45) is 5.73 Å². The molecule has 21 heavy (non-hydrogen) atoms. The van der Waals surface area contributed by atoms with Gasteiger partial charge in [-0.1, -0.05) is 6.42 Å². The maximum Gasteiger partial charge on any atom is 0.300 e. The van der Waals surface area contributed by atoms with Crippen LogP contribution in [-0.2, 0) is 4.79 Å². The molecule has 0 fully saturated rings. The number of nitro benzene ring substituents is 1. The first kappa shape index (κ1) is 14.7. The standard InChI is InChI=1S/C12H15N5O4/c13-10(18)4-2-1-3-7-14-8-5-6-9(17(19)20)12-11(8)15-21-16-12/h5-6,14H,1-4,7H2,(H2,13,18). The van der Waals surface area contributed by atoms with Crippen LogP contribution in [0.4, 0.5) is 11.4 Å². The maximum atomic E-state index is 10.8. The molecule has 0 saturated heterocycles. The highest BCUT2D eigenvalue weighted by Crippen LogP contribution is 2.28. The predicted molar refractivity (Wildman–Crippen MR) is 74.6 cm³/mol. The number of benzene rings is 1. The first-order valence-electron chi connectivity index (χ1n) is 6.51. The number of rotatable bonds is 8. The number of non-ortho nitro benzene ring substituents is 1. The van der Waals surface area contributed by atoms with Crippen LogP contribution in [0, 0.1) is 10.1 Å². The number of nitro groups is 1. The number of nitrogens with one attached hydrogen (secondary N) is 1. The van der Waals surface area contributed by atoms with Crippen LogP contribution in [0.1, 0.15) is 25.7 Å². The average Bonchev–Trinajstić information content (AvgIpc) is 2.91. The van der Waals surface area contributed by atoms with Crippen LogP contribution < -0.4 is 11.1 Å². The van der Waals surface area contributed by atoms with Crippen molar-refractivity contribution in [3.63, 3.8) is 0 Å². The van der Waals surface area contributed by atoms with Crippen LogP contribution in [-0.4, -0.2) is 27.7 Å². The molecule has 0 unspecified atom stereocenters. The molecule has 0 bridgehead atoms. The van der Waals surface area contributed by atoms with Gasteiger partial charge in [0.15, 0.2) is 5.52 Å². The van der Waals surface area contributed by atoms with E-state index in [0.717, 1.165) is 19.3 Å². The van der Waals surface area contributed by atoms with E-state index >= 15 is 0 Å². The van der Waals surface area contributed by atoms with E-state index in [1.54, 1.807) is 6.07 Å². The van der Waals surface area contributed by atoms with E-state index in [2.05, 4.69) is 20.3 Å². The number of hydrogen-bond donors (Lipinski definition) is 2. The summed E-state index contributed by atoms with van der Waals surface area (Å²) in [5.41, 5.74) is 6.00. The number of amides is 1. The van der Waals surface area contributed by atoms with Crippen molar-refractivity contribution in [3.05, 3.63) is 22.2 Å². The number of carbonyl (C=O) groups excluding carboxylic acids is 1. The maximum absolute atomic E-state index is 10.8. The Labute approximate surface area is 119 Å². The molecule has 9 heteroatoms. The van der Waals surface area contributed by atoms with E-state index in [9.17, 15) is 14.9 Å². The fraction of sp³-hybridized carbons (Fsp3) is 0.417. The minimum Gasteiger partial charge on any atom is -0.383 e. The second-order valence-corrected chi connectivity index (χ2v) is 4.55. The third kappa shape index (κ3) is 3.65. The van der Waals surface area contributed by atoms with Gasteiger partial charge in [-0.15, -0.1) is 0 Å². The molecule has 2 aromatic rings. The van der Waals surface area contributed by atoms with Gasteiger partial charge < -0.3 is 11.1 Å². The normalized spacial score (nSPS) is 10.7. The summed E-state index contributed by atoms with van der Waals surface area (Å²) in [6, 6.07) is 2.94. The first-order chi connectivity index (χ1) is 10.1. The molecule has 0 spiro atoms. The molecule has 0 atom stereocenters. The molecule has 1 aromatic carbocycles. The van der Waals surface area contributed by atoms with E-state index < -0.39 is 4.92 Å². The molecule has 2 rings (SSSR count). The van der Waals surface area contributed by atoms with Gasteiger partial charge in [0, 0.05) is 19.0 Å². The molecule has 1 amide bonds. The van der Waals surface area contributed by atoms with Gasteiger partial charge in [0.1, 0.15) is 0 Å². The largest absolute Gasteiger partial charge is 0.383 e. The van der Waals surface area contributed by atoms with E-state index in [4.69, 9.17) is 5.73 Å². The zero-order valence-electron chi connectivity index (χ0n) is 11.2. The second-order valence-electron chi connectivity index (χ2n) is 4.55. The van der Waals surface area contributed by atoms with Crippen molar-refractivity contribution in [2.75, 3.05) is 11.9 Å². The topological polar surface area (TPSA) is 137 Å². The number of hydrogen-bond acceptors (Lipinski definition) is 7. The van der Waals surface area contributed by atoms with Crippen LogP contribution in [0.3, 0.4) is 0 Å². The summed E-state index contributed by atoms with van der Waals surface area (Å²) in [5.74, 6) is -0.297. The van der Waals surface area contributed by atoms with Crippen molar-refractivity contribution in [1.82, 2.24) is 10.3 Å². The predicted octanol–water partition coefficient (Wildman–Crippen LogP) is 1.59. The van der Waals surface area contributed by atoms with Crippen LogP contribution in [0.15, 0.2) is 16.8 Å². The van der Waals surface area contributed by atoms with E-state index in [0.29, 0.717) is 24.2 Å². The summed E-state index contributed by atoms with van der Waals surface area (Å²) >= 11 is 0. The number of fused-ring (bicyclic) bond motifs is 1. The Morgan fingerprint density at radius 3 is 2.76 bits per heavy atom. The lowest BCUT2D eigenvalue weighted by Gasteiger charge is -2.06. The average molecular weight is 293 g/mol. The molecule has 0 aliphatic rings. The summed E-state index contributed by atoms with van der Waals surface area (Å²) in [5, 5.41) is 21.2. The van der Waals surface area contributed by atoms with Gasteiger partial charge in [-0.05, 0) is 29.2 Å². The van der Waals surface area contributed by atoms with Crippen molar-refractivity contribution in [1.29, 1.82) is 0 Å². The number of unbranched alkanes of at least 4 members (excludes halogenated alkanes) is 2. The highest BCUT2D eigenvalue weighted by Gasteiger charge is 2.19. The van der Waals surface area contributed by atoms with Crippen molar-refractivity contribution >= 4 is 28.3 Å². The molecule has 0 saturated carbocycles. The Hall–Kier alpha value is -2.71. The lowest BCUT2D eigenvalue weighted by molar-refractivity contribution is -0.383. The Morgan fingerprint density at radius 1 is 1.29 bits per heavy atom. The van der Waals surface area contributed by atoms with Gasteiger partial charge in [0.05, 0.1) is 10.6 Å². The van der Waals surface area contributed by atoms with Crippen molar-refractivity contribution < 1.29 is 14.3 Å². The molecule has 3 N–H and O–H groups in total. The fourth-order valence-electron chi connectivity index (χ4n) is 1.97. The second kappa shape index (κ2) is 6.64. The number of nitrogens with zero attached hydrogens (tertiary/aromatic N) is 3. The molecule has 0 aliphatic carbocycles. The number of anilines is 1. The van der Waals surface area contributed by atoms with E-state index in [-0.39, 0.29) is 17.1 Å². The Balaban J connectivity index is 1.94. The molecule has 1 aromatic heterocycles. The molecule has 0 radical (unpaired) electrons. The Morgan fingerprint density at radius 2 is 2.05 bits per heavy atom. The Kier molecular flexibility index (Phi) is 4.64. The fourth-order valence-corrected chi connectivity index (χ4v) is 1.97. The van der Waals surface area contributed by atoms with Gasteiger partial charge in [0.25, 0.3) is 0 Å². The summed E-state index contributed by atoms with van der Waals surface area (Å²) < 4.78 is 4.57. The van der Waals surface area contributed by atoms with Crippen LogP contribution >= 0.6 is 0 Å². The number of nitrogens with two attached hydrogens (primary N) is 1. The third-order valence-corrected chi connectivity index (χ3v) is 3.01. The number of aromatic nitrogens is 2. The van der Waals surface area contributed by atoms with Crippen molar-refractivity contribution in [2.45, 2.75) is 25.7 Å². The summed E-state index contributed by atoms with van der Waals surface area (Å²) in [7, 11) is 0. The van der Waals surface area contributed by atoms with E-state index in [1.165, 1.54) is 6.07 Å². The van der Waals surface area contributed by atoms with Gasteiger partial charge in [-0.2, -0.15) is 0 Å². The molecule has 1 heterocycles. The molecular weight excluding hydrogens is 278 g/mol. The van der Waals surface area contributed by atoms with Crippen LogP contribution in [0.25, 0.3) is 11.0 Å². The van der Waals surface area contributed by atoms with Gasteiger partial charge in [-0.25, -0.2) is 4.63 Å². The lowest BCUT2D eigenvalue weighted by atomic mass is 10.2. The SMILES string of the molecule is NC(=O)CCCCCNc1ccc([N+](=O)[O-])c2nonc12. The van der Waals surface area contributed by atoms with Gasteiger partial charge in [-0.3, -0.25) is 14.9 Å². The van der Waals surface area contributed by atoms with Gasteiger partial charge in [0.2, 0.25) is 11.4 Å². The smallest absolute Gasteiger partial charge is 0.300 e. The zero-order valence-corrected chi connectivity index (χ0v) is 11.2. The third-order valence-electron chi connectivity index (χ3n) is 3.01. The van der Waals surface area contributed by atoms with Crippen LogP contribution in [0.5, 0.6) is 0 Å². The Bertz CT molecular complexity index is 654. The summed E-state index contributed by atoms with van der Waals surface area (Å²) in [4.78, 5) is 20.9. The summed E-state index contributed by atoms with van der Waals surface area (Å²) in [6.45, 7) is 0.651. The number of primary amides is 1. The van der Waals surface area contributed by atoms with Gasteiger partial charge >= 0.3 is 5.69 Å². The lowest BCUT2D eigenvalue weighted by Crippen LogP contribution is -2.10. The minimum atomic E-state index is -0.528. The van der Waals surface area contributed by atoms with E-state index in [1.807, 2.05) is 0 Å². The van der Waals surface area contributed by atoms with Crippen molar-refractivity contribution in [3.8, 4) is 0 Å². The highest BCUT2D eigenvalue weighted by molar-refractivity contribution is 5.93. The molecule has 9 nitrogen and oxygen atoms in total. The minimum absolute atomic E-state index is 0.124. The molecule has 112 valence electrons. The number of carbonyl (C=O) groups is 1. The highest BCUT2D eigenvalue weighted by atomic mass is 16.6. The monoisotopic (exact) mass is 293 g/mol. The molecular formula is C12H15N5O4. The summed E-state index contributed by atoms with van der Waals surface area (Å²) in [6.07, 6.45) is 2.84. The zero-order chi connectivity index (χ0) is 15.2.